The van der Waals surface area contributed by atoms with E-state index >= 15 is 0 Å². The fourth-order valence-corrected chi connectivity index (χ4v) is 6.12. The Morgan fingerprint density at radius 1 is 1.17 bits per heavy atom. The molecule has 2 fully saturated rings. The molecule has 18 nitrogen and oxygen atoms in total. The van der Waals surface area contributed by atoms with E-state index in [2.05, 4.69) is 10.0 Å². The van der Waals surface area contributed by atoms with Crippen molar-refractivity contribution in [3.05, 3.63) is 78.4 Å². The van der Waals surface area contributed by atoms with Crippen LogP contribution < -0.4 is 11.2 Å². The normalized spacial score (nSPS) is 27.5. The van der Waals surface area contributed by atoms with Crippen molar-refractivity contribution in [2.24, 2.45) is 5.11 Å². The smallest absolute Gasteiger partial charge is 0.432 e. The van der Waals surface area contributed by atoms with Crippen molar-refractivity contribution in [3.63, 3.8) is 0 Å². The largest absolute Gasteiger partial charge is 0.509 e. The van der Waals surface area contributed by atoms with Gasteiger partial charge in [-0.05, 0) is 50.9 Å². The summed E-state index contributed by atoms with van der Waals surface area (Å²) in [6.07, 6.45) is -8.95. The summed E-state index contributed by atoms with van der Waals surface area (Å²) in [6.45, 7) is 5.02. The van der Waals surface area contributed by atoms with E-state index in [1.807, 2.05) is 4.98 Å². The molecule has 2 aliphatic rings. The van der Waals surface area contributed by atoms with Gasteiger partial charge in [-0.2, -0.15) is 0 Å². The average molecular weight is 688 g/mol. The highest BCUT2D eigenvalue weighted by Gasteiger charge is 2.62. The number of rotatable bonds is 10. The van der Waals surface area contributed by atoms with Crippen molar-refractivity contribution < 1.29 is 51.4 Å². The van der Waals surface area contributed by atoms with Crippen LogP contribution in [0.4, 0.5) is 9.59 Å². The number of phosphoric acid groups is 1. The maximum atomic E-state index is 13.7. The van der Waals surface area contributed by atoms with E-state index in [0.29, 0.717) is 10.6 Å². The molecule has 2 aromatic rings. The molecule has 2 saturated heterocycles. The highest BCUT2D eigenvalue weighted by atomic mass is 35.5. The summed E-state index contributed by atoms with van der Waals surface area (Å²) in [5.41, 5.74) is 5.85. The standard InChI is InChI=1S/C26H31ClN5O13P/c1-14(2)40-24(35)42-20-21(43-25(36)41-15(3)4)26(30-31-28,44-22(20)32-10-8-19(33)29-23(32)34)13-39-46(37)38-11-9-18(45-46)16-6-5-7-17(27)12-16/h5-8,10,12,14-15,18,20-22H,9,11,13H2,1-4H3,(H,29,33,34)/t18-,20+,21-,22+,26+,46+/m0/s1. The van der Waals surface area contributed by atoms with Gasteiger partial charge < -0.3 is 23.7 Å². The molecular weight excluding hydrogens is 657 g/mol. The molecule has 0 radical (unpaired) electrons. The molecule has 6 atom stereocenters. The average Bonchev–Trinajstić information content (AvgIpc) is 3.23. The first kappa shape index (κ1) is 35.0. The quantitative estimate of drug-likeness (QED) is 0.115. The second kappa shape index (κ2) is 14.7. The zero-order valence-corrected chi connectivity index (χ0v) is 26.6. The number of phosphoric ester groups is 1. The number of carbonyl (C=O) groups excluding carboxylic acids is 2. The number of hydrogen-bond donors (Lipinski definition) is 1. The van der Waals surface area contributed by atoms with Crippen LogP contribution in [0.2, 0.25) is 5.02 Å². The van der Waals surface area contributed by atoms with E-state index in [1.165, 1.54) is 27.7 Å². The first-order valence-corrected chi connectivity index (χ1v) is 15.7. The molecule has 20 heteroatoms. The minimum Gasteiger partial charge on any atom is -0.432 e. The number of aromatic amines is 1. The number of azide groups is 1. The third kappa shape index (κ3) is 8.47. The third-order valence-electron chi connectivity index (χ3n) is 6.34. The zero-order chi connectivity index (χ0) is 33.6. The van der Waals surface area contributed by atoms with E-state index < -0.39 is 80.5 Å². The third-order valence-corrected chi connectivity index (χ3v) is 8.04. The molecule has 1 aromatic heterocycles. The number of nitrogens with one attached hydrogen (secondary N) is 1. The van der Waals surface area contributed by atoms with E-state index in [0.717, 1.165) is 16.8 Å². The monoisotopic (exact) mass is 687 g/mol. The van der Waals surface area contributed by atoms with Crippen molar-refractivity contribution in [1.82, 2.24) is 9.55 Å². The van der Waals surface area contributed by atoms with E-state index in [4.69, 9.17) is 48.9 Å². The molecule has 0 saturated carbocycles. The number of aromatic nitrogens is 2. The maximum absolute atomic E-state index is 13.7. The van der Waals surface area contributed by atoms with E-state index in [-0.39, 0.29) is 13.0 Å². The Morgan fingerprint density at radius 3 is 2.50 bits per heavy atom. The van der Waals surface area contributed by atoms with Gasteiger partial charge >= 0.3 is 25.8 Å². The first-order valence-electron chi connectivity index (χ1n) is 13.9. The highest BCUT2D eigenvalue weighted by Crippen LogP contribution is 2.58. The molecule has 250 valence electrons. The van der Waals surface area contributed by atoms with Crippen LogP contribution in [0.3, 0.4) is 0 Å². The molecular formula is C26H31ClN5O13P. The predicted molar refractivity (Wildman–Crippen MR) is 156 cm³/mol. The first-order chi connectivity index (χ1) is 21.7. The van der Waals surface area contributed by atoms with Crippen molar-refractivity contribution in [2.45, 2.75) is 76.6 Å². The van der Waals surface area contributed by atoms with Crippen LogP contribution in [-0.2, 0) is 41.8 Å². The number of hydrogen-bond acceptors (Lipinski definition) is 14. The summed E-state index contributed by atoms with van der Waals surface area (Å²) in [5.74, 6) is 0. The van der Waals surface area contributed by atoms with Gasteiger partial charge in [0.1, 0.15) is 0 Å². The lowest BCUT2D eigenvalue weighted by Gasteiger charge is -2.33. The van der Waals surface area contributed by atoms with Crippen molar-refractivity contribution in [3.8, 4) is 0 Å². The summed E-state index contributed by atoms with van der Waals surface area (Å²) in [6, 6.07) is 7.58. The van der Waals surface area contributed by atoms with Gasteiger partial charge in [-0.25, -0.2) is 18.9 Å². The molecule has 0 aliphatic carbocycles. The molecule has 0 spiro atoms. The molecule has 1 aromatic carbocycles. The Labute approximate surface area is 266 Å². The Kier molecular flexibility index (Phi) is 11.2. The number of nitrogens with zero attached hydrogens (tertiary/aromatic N) is 4. The van der Waals surface area contributed by atoms with Gasteiger partial charge in [-0.3, -0.25) is 27.9 Å². The Morgan fingerprint density at radius 2 is 1.87 bits per heavy atom. The van der Waals surface area contributed by atoms with Gasteiger partial charge in [-0.1, -0.05) is 28.8 Å². The molecule has 0 unspecified atom stereocenters. The lowest BCUT2D eigenvalue weighted by molar-refractivity contribution is -0.132. The molecule has 4 rings (SSSR count). The second-order valence-corrected chi connectivity index (χ2v) is 12.6. The Hall–Kier alpha value is -3.89. The summed E-state index contributed by atoms with van der Waals surface area (Å²) in [7, 11) is -4.45. The van der Waals surface area contributed by atoms with Gasteiger partial charge in [0.2, 0.25) is 5.72 Å². The zero-order valence-electron chi connectivity index (χ0n) is 25.0. The van der Waals surface area contributed by atoms with Crippen molar-refractivity contribution in [2.75, 3.05) is 13.2 Å². The fourth-order valence-electron chi connectivity index (χ4n) is 4.51. The van der Waals surface area contributed by atoms with Gasteiger partial charge in [0, 0.05) is 28.6 Å². The van der Waals surface area contributed by atoms with Crippen LogP contribution in [0.1, 0.15) is 52.0 Å². The minimum atomic E-state index is -4.45. The van der Waals surface area contributed by atoms with Crippen LogP contribution in [0.15, 0.2) is 51.2 Å². The summed E-state index contributed by atoms with van der Waals surface area (Å²) in [4.78, 5) is 54.9. The minimum absolute atomic E-state index is 0.0767. The van der Waals surface area contributed by atoms with Gasteiger partial charge in [0.15, 0.2) is 18.4 Å². The van der Waals surface area contributed by atoms with Crippen LogP contribution in [-0.4, -0.2) is 65.2 Å². The number of H-pyrrole nitrogens is 1. The fraction of sp³-hybridized carbons (Fsp3) is 0.538. The van der Waals surface area contributed by atoms with Crippen LogP contribution in [0, 0.1) is 0 Å². The van der Waals surface area contributed by atoms with Gasteiger partial charge in [0.05, 0.1) is 31.5 Å². The lowest BCUT2D eigenvalue weighted by atomic mass is 10.1. The Bertz CT molecular complexity index is 1640. The van der Waals surface area contributed by atoms with Crippen molar-refractivity contribution >= 4 is 31.7 Å². The van der Waals surface area contributed by atoms with Crippen LogP contribution >= 0.6 is 19.4 Å². The summed E-state index contributed by atoms with van der Waals surface area (Å²) >= 11 is 6.10. The summed E-state index contributed by atoms with van der Waals surface area (Å²) < 4.78 is 58.1. The predicted octanol–water partition coefficient (Wildman–Crippen LogP) is 4.89. The molecule has 0 bridgehead atoms. The lowest BCUT2D eigenvalue weighted by Crippen LogP contribution is -2.49. The molecule has 0 amide bonds. The molecule has 3 heterocycles. The van der Waals surface area contributed by atoms with E-state index in [9.17, 15) is 29.3 Å². The highest BCUT2D eigenvalue weighted by molar-refractivity contribution is 7.48. The van der Waals surface area contributed by atoms with Crippen LogP contribution in [0.25, 0.3) is 10.4 Å². The molecule has 1 N–H and O–H groups in total. The van der Waals surface area contributed by atoms with Gasteiger partial charge in [-0.15, -0.1) is 0 Å². The Balaban J connectivity index is 1.75. The van der Waals surface area contributed by atoms with E-state index in [1.54, 1.807) is 24.3 Å². The number of benzene rings is 1. The summed E-state index contributed by atoms with van der Waals surface area (Å²) in [5, 5.41) is 4.05. The molecule has 2 aliphatic heterocycles. The SMILES string of the molecule is CC(C)OC(=O)O[C@H]1[C@H](n2ccc(=O)[nH]c2=O)O[C@@](CO[P@@]2(=O)OCC[C@@H](c3cccc(Cl)c3)O2)(N=[N+]=[N-])[C@H]1OC(=O)OC(C)C. The van der Waals surface area contributed by atoms with Gasteiger partial charge in [0.25, 0.3) is 5.56 Å². The second-order valence-electron chi connectivity index (χ2n) is 10.5. The number of halogens is 1. The maximum Gasteiger partial charge on any atom is 0.509 e. The molecule has 46 heavy (non-hydrogen) atoms. The number of carbonyl (C=O) groups is 2. The van der Waals surface area contributed by atoms with Crippen LogP contribution in [0.5, 0.6) is 0 Å². The number of ether oxygens (including phenoxy) is 5. The topological polar surface area (TPSA) is 229 Å². The van der Waals surface area contributed by atoms with Crippen molar-refractivity contribution in [1.29, 1.82) is 0 Å².